The molecule has 0 atom stereocenters. The van der Waals surface area contributed by atoms with Gasteiger partial charge in [0, 0.05) is 32.0 Å². The Hall–Kier alpha value is -3.78. The van der Waals surface area contributed by atoms with Crippen LogP contribution in [0.25, 0.3) is 10.2 Å². The number of pyridine rings is 1. The first-order valence-electron chi connectivity index (χ1n) is 11.0. The monoisotopic (exact) mass is 474 g/mol. The summed E-state index contributed by atoms with van der Waals surface area (Å²) in [7, 11) is 1.63. The van der Waals surface area contributed by atoms with Crippen molar-refractivity contribution in [2.45, 2.75) is 33.0 Å². The standard InChI is InChI=1S/C26H26N4O3S/c1-17(2)30-14-19(25(32)27-13-18-9-5-4-6-10-18)24(31)20(15-30)26(33)29(3)16-23-28-21-11-7-8-12-22(21)34-23/h4-12,14-15,17H,13,16H2,1-3H3,(H,27,32). The van der Waals surface area contributed by atoms with E-state index in [2.05, 4.69) is 10.3 Å². The average Bonchev–Trinajstić information content (AvgIpc) is 3.25. The van der Waals surface area contributed by atoms with Gasteiger partial charge < -0.3 is 14.8 Å². The number of nitrogens with one attached hydrogen (secondary N) is 1. The van der Waals surface area contributed by atoms with Crippen LogP contribution in [-0.2, 0) is 13.1 Å². The Morgan fingerprint density at radius 3 is 2.41 bits per heavy atom. The molecule has 34 heavy (non-hydrogen) atoms. The third-order valence-corrected chi connectivity index (χ3v) is 6.49. The van der Waals surface area contributed by atoms with Crippen molar-refractivity contribution >= 4 is 33.4 Å². The van der Waals surface area contributed by atoms with Gasteiger partial charge in [0.25, 0.3) is 11.8 Å². The maximum absolute atomic E-state index is 13.3. The molecular formula is C26H26N4O3S. The number of carbonyl (C=O) groups excluding carboxylic acids is 2. The summed E-state index contributed by atoms with van der Waals surface area (Å²) in [5.74, 6) is -0.955. The lowest BCUT2D eigenvalue weighted by atomic mass is 10.1. The molecule has 0 saturated heterocycles. The van der Waals surface area contributed by atoms with Crippen molar-refractivity contribution in [3.05, 3.63) is 98.9 Å². The third kappa shape index (κ3) is 5.07. The molecule has 2 amide bonds. The summed E-state index contributed by atoms with van der Waals surface area (Å²) >= 11 is 1.51. The molecule has 0 aliphatic carbocycles. The highest BCUT2D eigenvalue weighted by atomic mass is 32.1. The number of hydrogen-bond acceptors (Lipinski definition) is 5. The van der Waals surface area contributed by atoms with Gasteiger partial charge in [-0.25, -0.2) is 4.98 Å². The molecule has 2 heterocycles. The molecule has 0 unspecified atom stereocenters. The summed E-state index contributed by atoms with van der Waals surface area (Å²) in [4.78, 5) is 45.4. The Morgan fingerprint density at radius 2 is 1.71 bits per heavy atom. The number of fused-ring (bicyclic) bond motifs is 1. The van der Waals surface area contributed by atoms with Crippen LogP contribution in [0.1, 0.15) is 51.2 Å². The molecule has 0 saturated carbocycles. The normalized spacial score (nSPS) is 11.1. The van der Waals surface area contributed by atoms with Gasteiger partial charge in [0.1, 0.15) is 16.1 Å². The van der Waals surface area contributed by atoms with Crippen molar-refractivity contribution in [2.24, 2.45) is 0 Å². The van der Waals surface area contributed by atoms with Crippen molar-refractivity contribution in [2.75, 3.05) is 7.05 Å². The second-order valence-electron chi connectivity index (χ2n) is 8.36. The maximum Gasteiger partial charge on any atom is 0.259 e. The van der Waals surface area contributed by atoms with Gasteiger partial charge in [-0.3, -0.25) is 14.4 Å². The minimum Gasteiger partial charge on any atom is -0.350 e. The minimum absolute atomic E-state index is 0.0373. The van der Waals surface area contributed by atoms with E-state index >= 15 is 0 Å². The fourth-order valence-electron chi connectivity index (χ4n) is 3.55. The van der Waals surface area contributed by atoms with Gasteiger partial charge in [0.2, 0.25) is 5.43 Å². The number of rotatable bonds is 7. The second-order valence-corrected chi connectivity index (χ2v) is 9.48. The van der Waals surface area contributed by atoms with Crippen LogP contribution >= 0.6 is 11.3 Å². The van der Waals surface area contributed by atoms with Crippen LogP contribution in [0.2, 0.25) is 0 Å². The van der Waals surface area contributed by atoms with Gasteiger partial charge in [0.05, 0.1) is 16.8 Å². The van der Waals surface area contributed by atoms with Crippen molar-refractivity contribution < 1.29 is 9.59 Å². The predicted molar refractivity (Wildman–Crippen MR) is 134 cm³/mol. The number of thiazole rings is 1. The first-order valence-corrected chi connectivity index (χ1v) is 11.8. The first kappa shape index (κ1) is 23.4. The van der Waals surface area contributed by atoms with E-state index in [0.717, 1.165) is 20.8 Å². The number of para-hydroxylation sites is 1. The fourth-order valence-corrected chi connectivity index (χ4v) is 4.57. The van der Waals surface area contributed by atoms with Gasteiger partial charge in [-0.2, -0.15) is 0 Å². The van der Waals surface area contributed by atoms with Crippen molar-refractivity contribution in [1.82, 2.24) is 19.8 Å². The van der Waals surface area contributed by atoms with E-state index in [0.29, 0.717) is 0 Å². The van der Waals surface area contributed by atoms with Gasteiger partial charge >= 0.3 is 0 Å². The number of benzene rings is 2. The fraction of sp³-hybridized carbons (Fsp3) is 0.231. The van der Waals surface area contributed by atoms with Crippen LogP contribution in [0.4, 0.5) is 0 Å². The molecule has 7 nitrogen and oxygen atoms in total. The molecule has 2 aromatic carbocycles. The van der Waals surface area contributed by atoms with E-state index in [4.69, 9.17) is 0 Å². The lowest BCUT2D eigenvalue weighted by Gasteiger charge is -2.19. The molecule has 0 fully saturated rings. The largest absolute Gasteiger partial charge is 0.350 e. The molecule has 8 heteroatoms. The van der Waals surface area contributed by atoms with Gasteiger partial charge in [-0.15, -0.1) is 11.3 Å². The number of carbonyl (C=O) groups is 2. The summed E-state index contributed by atoms with van der Waals surface area (Å²) in [6.45, 7) is 4.41. The van der Waals surface area contributed by atoms with Crippen LogP contribution in [0, 0.1) is 0 Å². The minimum atomic E-state index is -0.580. The summed E-state index contributed by atoms with van der Waals surface area (Å²) in [5, 5.41) is 3.56. The van der Waals surface area contributed by atoms with E-state index in [-0.39, 0.29) is 30.3 Å². The smallest absolute Gasteiger partial charge is 0.259 e. The molecular weight excluding hydrogens is 448 g/mol. The summed E-state index contributed by atoms with van der Waals surface area (Å²) in [5.41, 5.74) is 1.13. The predicted octanol–water partition coefficient (Wildman–Crippen LogP) is 4.24. The van der Waals surface area contributed by atoms with Crippen molar-refractivity contribution in [3.63, 3.8) is 0 Å². The van der Waals surface area contributed by atoms with Crippen LogP contribution in [0.3, 0.4) is 0 Å². The topological polar surface area (TPSA) is 84.3 Å². The van der Waals surface area contributed by atoms with Crippen LogP contribution in [-0.4, -0.2) is 33.3 Å². The molecule has 174 valence electrons. The third-order valence-electron chi connectivity index (χ3n) is 5.47. The lowest BCUT2D eigenvalue weighted by molar-refractivity contribution is 0.0782. The highest BCUT2D eigenvalue weighted by Gasteiger charge is 2.23. The quantitative estimate of drug-likeness (QED) is 0.434. The van der Waals surface area contributed by atoms with E-state index < -0.39 is 17.2 Å². The lowest BCUT2D eigenvalue weighted by Crippen LogP contribution is -2.36. The Labute approximate surface area is 201 Å². The summed E-state index contributed by atoms with van der Waals surface area (Å²) < 4.78 is 2.76. The zero-order valence-electron chi connectivity index (χ0n) is 19.3. The second kappa shape index (κ2) is 10.0. The molecule has 1 N–H and O–H groups in total. The molecule has 0 bridgehead atoms. The molecule has 0 aliphatic rings. The number of hydrogen-bond donors (Lipinski definition) is 1. The van der Waals surface area contributed by atoms with Gasteiger partial charge in [-0.05, 0) is 31.5 Å². The SMILES string of the molecule is CC(C)n1cc(C(=O)NCc2ccccc2)c(=O)c(C(=O)N(C)Cc2nc3ccccc3s2)c1. The summed E-state index contributed by atoms with van der Waals surface area (Å²) in [6, 6.07) is 17.2. The van der Waals surface area contributed by atoms with Crippen LogP contribution in [0.5, 0.6) is 0 Å². The Morgan fingerprint density at radius 1 is 1.03 bits per heavy atom. The Kier molecular flexibility index (Phi) is 6.88. The van der Waals surface area contributed by atoms with E-state index in [9.17, 15) is 14.4 Å². The molecule has 4 rings (SSSR count). The first-order chi connectivity index (χ1) is 16.3. The average molecular weight is 475 g/mol. The van der Waals surface area contributed by atoms with Crippen molar-refractivity contribution in [1.29, 1.82) is 0 Å². The molecule has 4 aromatic rings. The van der Waals surface area contributed by atoms with Crippen LogP contribution in [0.15, 0.2) is 71.8 Å². The van der Waals surface area contributed by atoms with Gasteiger partial charge in [0.15, 0.2) is 0 Å². The van der Waals surface area contributed by atoms with E-state index in [1.807, 2.05) is 68.4 Å². The van der Waals surface area contributed by atoms with Gasteiger partial charge in [-0.1, -0.05) is 42.5 Å². The molecule has 0 spiro atoms. The maximum atomic E-state index is 13.3. The number of nitrogens with zero attached hydrogens (tertiary/aromatic N) is 3. The zero-order valence-corrected chi connectivity index (χ0v) is 20.1. The number of aromatic nitrogens is 2. The highest BCUT2D eigenvalue weighted by Crippen LogP contribution is 2.22. The van der Waals surface area contributed by atoms with Crippen LogP contribution < -0.4 is 10.7 Å². The Balaban J connectivity index is 1.59. The Bertz CT molecular complexity index is 1360. The molecule has 2 aromatic heterocycles. The highest BCUT2D eigenvalue weighted by molar-refractivity contribution is 7.18. The van der Waals surface area contributed by atoms with E-state index in [1.165, 1.54) is 28.6 Å². The van der Waals surface area contributed by atoms with Crippen molar-refractivity contribution in [3.8, 4) is 0 Å². The zero-order chi connectivity index (χ0) is 24.2. The molecule has 0 radical (unpaired) electrons. The number of amides is 2. The molecule has 0 aliphatic heterocycles. The summed E-state index contributed by atoms with van der Waals surface area (Å²) in [6.07, 6.45) is 3.04. The van der Waals surface area contributed by atoms with E-state index in [1.54, 1.807) is 11.6 Å².